The summed E-state index contributed by atoms with van der Waals surface area (Å²) in [7, 11) is 0. The zero-order chi connectivity index (χ0) is 13.4. The van der Waals surface area contributed by atoms with Crippen molar-refractivity contribution in [2.24, 2.45) is 0 Å². The van der Waals surface area contributed by atoms with Crippen LogP contribution in [0.3, 0.4) is 0 Å². The Morgan fingerprint density at radius 1 is 0.750 bits per heavy atom. The molecular weight excluding hydrogens is 280 g/mol. The predicted molar refractivity (Wildman–Crippen MR) is 92.6 cm³/mol. The molecule has 0 fully saturated rings. The Bertz CT molecular complexity index is 896. The third-order valence-corrected chi connectivity index (χ3v) is 5.38. The number of rotatable bonds is 2. The van der Waals surface area contributed by atoms with Gasteiger partial charge >= 0.3 is 0 Å². The standard InChI is InChI=1S/C18H12S2/c1-2-8-16-15(7-1)18-13(5-3-9-17(18)20-16)10-11-14-6-4-12-19-14/h1-12H/b11-10+. The van der Waals surface area contributed by atoms with Crippen LogP contribution in [0.1, 0.15) is 10.4 Å². The van der Waals surface area contributed by atoms with Gasteiger partial charge in [-0.15, -0.1) is 22.7 Å². The van der Waals surface area contributed by atoms with E-state index in [4.69, 9.17) is 0 Å². The largest absolute Gasteiger partial charge is 0.144 e. The summed E-state index contributed by atoms with van der Waals surface area (Å²) in [4.78, 5) is 1.29. The monoisotopic (exact) mass is 292 g/mol. The molecule has 2 aromatic heterocycles. The topological polar surface area (TPSA) is 0 Å². The highest BCUT2D eigenvalue weighted by Gasteiger charge is 2.06. The van der Waals surface area contributed by atoms with Crippen molar-refractivity contribution in [1.82, 2.24) is 0 Å². The molecule has 0 N–H and O–H groups in total. The fourth-order valence-electron chi connectivity index (χ4n) is 2.50. The van der Waals surface area contributed by atoms with Crippen molar-refractivity contribution in [2.75, 3.05) is 0 Å². The Hall–Kier alpha value is -1.90. The van der Waals surface area contributed by atoms with Crippen molar-refractivity contribution < 1.29 is 0 Å². The quantitative estimate of drug-likeness (QED) is 0.407. The minimum Gasteiger partial charge on any atom is -0.144 e. The Balaban J connectivity index is 1.95. The van der Waals surface area contributed by atoms with Crippen molar-refractivity contribution >= 4 is 55.0 Å². The average Bonchev–Trinajstić information content (AvgIpc) is 3.12. The Labute approximate surface area is 125 Å². The Morgan fingerprint density at radius 3 is 2.55 bits per heavy atom. The molecule has 2 heteroatoms. The zero-order valence-electron chi connectivity index (χ0n) is 10.7. The molecule has 20 heavy (non-hydrogen) atoms. The second kappa shape index (κ2) is 4.89. The Kier molecular flexibility index (Phi) is 2.91. The summed E-state index contributed by atoms with van der Waals surface area (Å²) in [5, 5.41) is 4.85. The van der Waals surface area contributed by atoms with E-state index in [0.29, 0.717) is 0 Å². The van der Waals surface area contributed by atoms with Crippen LogP contribution in [-0.2, 0) is 0 Å². The first kappa shape index (κ1) is 11.9. The van der Waals surface area contributed by atoms with Gasteiger partial charge in [0.25, 0.3) is 0 Å². The maximum Gasteiger partial charge on any atom is 0.0361 e. The zero-order valence-corrected chi connectivity index (χ0v) is 12.4. The number of hydrogen-bond acceptors (Lipinski definition) is 2. The fourth-order valence-corrected chi connectivity index (χ4v) is 4.26. The van der Waals surface area contributed by atoms with E-state index in [1.165, 1.54) is 30.6 Å². The highest BCUT2D eigenvalue weighted by molar-refractivity contribution is 7.25. The van der Waals surface area contributed by atoms with Crippen LogP contribution in [0, 0.1) is 0 Å². The van der Waals surface area contributed by atoms with Crippen molar-refractivity contribution in [3.05, 3.63) is 70.4 Å². The minimum absolute atomic E-state index is 1.29. The molecule has 0 atom stereocenters. The molecular formula is C18H12S2. The lowest BCUT2D eigenvalue weighted by atomic mass is 10.1. The van der Waals surface area contributed by atoms with E-state index in [0.717, 1.165) is 0 Å². The van der Waals surface area contributed by atoms with Crippen LogP contribution in [0.25, 0.3) is 32.3 Å². The minimum atomic E-state index is 1.29. The van der Waals surface area contributed by atoms with Gasteiger partial charge in [0.05, 0.1) is 0 Å². The van der Waals surface area contributed by atoms with Crippen LogP contribution in [0.5, 0.6) is 0 Å². The van der Waals surface area contributed by atoms with E-state index in [1.807, 2.05) is 11.3 Å². The second-order valence-corrected chi connectivity index (χ2v) is 6.73. The molecule has 4 rings (SSSR count). The van der Waals surface area contributed by atoms with Gasteiger partial charge in [-0.05, 0) is 35.2 Å². The van der Waals surface area contributed by atoms with E-state index in [1.54, 1.807) is 11.3 Å². The first-order chi connectivity index (χ1) is 9.92. The number of thiophene rings is 2. The van der Waals surface area contributed by atoms with Crippen LogP contribution in [0.15, 0.2) is 60.0 Å². The SMILES string of the molecule is C(=C\c1cccc2sc3ccccc3c12)/c1cccs1. The third-order valence-electron chi connectivity index (χ3n) is 3.41. The molecule has 0 aliphatic rings. The van der Waals surface area contributed by atoms with E-state index >= 15 is 0 Å². The van der Waals surface area contributed by atoms with Gasteiger partial charge < -0.3 is 0 Å². The molecule has 0 unspecified atom stereocenters. The van der Waals surface area contributed by atoms with Gasteiger partial charge in [-0.2, -0.15) is 0 Å². The van der Waals surface area contributed by atoms with Crippen LogP contribution < -0.4 is 0 Å². The molecule has 0 bridgehead atoms. The van der Waals surface area contributed by atoms with E-state index in [2.05, 4.69) is 72.1 Å². The van der Waals surface area contributed by atoms with Crippen molar-refractivity contribution in [1.29, 1.82) is 0 Å². The molecule has 96 valence electrons. The van der Waals surface area contributed by atoms with Crippen LogP contribution >= 0.6 is 22.7 Å². The van der Waals surface area contributed by atoms with E-state index < -0.39 is 0 Å². The van der Waals surface area contributed by atoms with Gasteiger partial charge in [0.15, 0.2) is 0 Å². The van der Waals surface area contributed by atoms with E-state index in [-0.39, 0.29) is 0 Å². The van der Waals surface area contributed by atoms with Gasteiger partial charge in [0.2, 0.25) is 0 Å². The van der Waals surface area contributed by atoms with Gasteiger partial charge in [0, 0.05) is 25.0 Å². The van der Waals surface area contributed by atoms with Crippen molar-refractivity contribution in [2.45, 2.75) is 0 Å². The molecule has 0 spiro atoms. The molecule has 0 radical (unpaired) electrons. The second-order valence-electron chi connectivity index (χ2n) is 4.67. The lowest BCUT2D eigenvalue weighted by Gasteiger charge is -1.98. The maximum absolute atomic E-state index is 2.23. The van der Waals surface area contributed by atoms with Gasteiger partial charge in [-0.3, -0.25) is 0 Å². The summed E-state index contributed by atoms with van der Waals surface area (Å²) in [5.41, 5.74) is 1.30. The van der Waals surface area contributed by atoms with E-state index in [9.17, 15) is 0 Å². The summed E-state index contributed by atoms with van der Waals surface area (Å²) in [6.45, 7) is 0. The summed E-state index contributed by atoms with van der Waals surface area (Å²) < 4.78 is 2.72. The summed E-state index contributed by atoms with van der Waals surface area (Å²) in [6, 6.07) is 19.4. The van der Waals surface area contributed by atoms with Crippen LogP contribution in [0.4, 0.5) is 0 Å². The van der Waals surface area contributed by atoms with Crippen LogP contribution in [-0.4, -0.2) is 0 Å². The normalized spacial score (nSPS) is 11.8. The molecule has 0 nitrogen and oxygen atoms in total. The lowest BCUT2D eigenvalue weighted by Crippen LogP contribution is -1.74. The van der Waals surface area contributed by atoms with Crippen molar-refractivity contribution in [3.63, 3.8) is 0 Å². The highest BCUT2D eigenvalue weighted by atomic mass is 32.1. The van der Waals surface area contributed by atoms with Gasteiger partial charge in [0.1, 0.15) is 0 Å². The first-order valence-corrected chi connectivity index (χ1v) is 8.23. The third kappa shape index (κ3) is 1.98. The van der Waals surface area contributed by atoms with Crippen LogP contribution in [0.2, 0.25) is 0 Å². The fraction of sp³-hybridized carbons (Fsp3) is 0. The number of fused-ring (bicyclic) bond motifs is 3. The van der Waals surface area contributed by atoms with Gasteiger partial charge in [-0.25, -0.2) is 0 Å². The molecule has 0 saturated heterocycles. The predicted octanol–water partition coefficient (Wildman–Crippen LogP) is 6.29. The summed E-state index contributed by atoms with van der Waals surface area (Å²) in [6.07, 6.45) is 4.43. The smallest absolute Gasteiger partial charge is 0.0361 e. The average molecular weight is 292 g/mol. The van der Waals surface area contributed by atoms with Gasteiger partial charge in [-0.1, -0.05) is 42.5 Å². The summed E-state index contributed by atoms with van der Waals surface area (Å²) >= 11 is 3.64. The molecule has 0 aliphatic carbocycles. The first-order valence-electron chi connectivity index (χ1n) is 6.54. The highest BCUT2D eigenvalue weighted by Crippen LogP contribution is 2.36. The van der Waals surface area contributed by atoms with Crippen molar-refractivity contribution in [3.8, 4) is 0 Å². The number of benzene rings is 2. The summed E-state index contributed by atoms with van der Waals surface area (Å²) in [5.74, 6) is 0. The molecule has 2 aromatic carbocycles. The molecule has 0 amide bonds. The lowest BCUT2D eigenvalue weighted by molar-refractivity contribution is 1.79. The Morgan fingerprint density at radius 2 is 1.65 bits per heavy atom. The maximum atomic E-state index is 2.23. The molecule has 0 aliphatic heterocycles. The molecule has 0 saturated carbocycles. The molecule has 4 aromatic rings. The molecule has 2 heterocycles. The number of hydrogen-bond donors (Lipinski definition) is 0.